The molecule has 0 spiro atoms. The quantitative estimate of drug-likeness (QED) is 0.649. The zero-order chi connectivity index (χ0) is 12.0. The Labute approximate surface area is 102 Å². The summed E-state index contributed by atoms with van der Waals surface area (Å²) < 4.78 is 0. The van der Waals surface area contributed by atoms with E-state index >= 15 is 0 Å². The van der Waals surface area contributed by atoms with Crippen LogP contribution in [-0.2, 0) is 4.79 Å². The van der Waals surface area contributed by atoms with Gasteiger partial charge in [0.1, 0.15) is 0 Å². The van der Waals surface area contributed by atoms with E-state index in [1.165, 1.54) is 0 Å². The van der Waals surface area contributed by atoms with Gasteiger partial charge in [-0.1, -0.05) is 0 Å². The second-order valence-corrected chi connectivity index (χ2v) is 5.37. The van der Waals surface area contributed by atoms with Gasteiger partial charge in [-0.2, -0.15) is 11.8 Å². The van der Waals surface area contributed by atoms with Gasteiger partial charge in [0.15, 0.2) is 0 Å². The van der Waals surface area contributed by atoms with Crippen molar-refractivity contribution in [3.8, 4) is 0 Å². The lowest BCUT2D eigenvalue weighted by Crippen LogP contribution is -2.47. The number of amides is 1. The molecule has 1 saturated heterocycles. The van der Waals surface area contributed by atoms with Crippen molar-refractivity contribution < 1.29 is 9.90 Å². The topological polar surface area (TPSA) is 61.4 Å². The predicted octanol–water partition coefficient (Wildman–Crippen LogP) is 0.215. The average molecular weight is 246 g/mol. The normalized spacial score (nSPS) is 24.8. The standard InChI is InChI=1S/C11H22N2O2S/c1-8(10(7-14)16-2)13-11(15)9-4-3-5-12-6-9/h8-10,12,14H,3-7H2,1-2H3,(H,13,15)/t8?,9-,10?/m1/s1. The predicted molar refractivity (Wildman–Crippen MR) is 67.6 cm³/mol. The van der Waals surface area contributed by atoms with E-state index < -0.39 is 0 Å². The molecule has 0 radical (unpaired) electrons. The van der Waals surface area contributed by atoms with Crippen molar-refractivity contribution in [3.05, 3.63) is 0 Å². The highest BCUT2D eigenvalue weighted by Gasteiger charge is 2.24. The summed E-state index contributed by atoms with van der Waals surface area (Å²) in [6, 6.07) is 0.0226. The zero-order valence-corrected chi connectivity index (χ0v) is 10.8. The van der Waals surface area contributed by atoms with Crippen LogP contribution in [0.1, 0.15) is 19.8 Å². The van der Waals surface area contributed by atoms with Crippen LogP contribution in [0.2, 0.25) is 0 Å². The molecule has 0 aromatic heterocycles. The Morgan fingerprint density at radius 1 is 1.69 bits per heavy atom. The number of rotatable bonds is 5. The van der Waals surface area contributed by atoms with Gasteiger partial charge in [-0.15, -0.1) is 0 Å². The summed E-state index contributed by atoms with van der Waals surface area (Å²) in [6.07, 6.45) is 3.98. The first-order chi connectivity index (χ1) is 7.69. The van der Waals surface area contributed by atoms with Gasteiger partial charge in [0.25, 0.3) is 0 Å². The lowest BCUT2D eigenvalue weighted by atomic mass is 9.98. The molecule has 5 heteroatoms. The highest BCUT2D eigenvalue weighted by atomic mass is 32.2. The highest BCUT2D eigenvalue weighted by Crippen LogP contribution is 2.13. The van der Waals surface area contributed by atoms with Crippen LogP contribution >= 0.6 is 11.8 Å². The fourth-order valence-electron chi connectivity index (χ4n) is 1.95. The molecule has 3 atom stereocenters. The van der Waals surface area contributed by atoms with E-state index in [4.69, 9.17) is 5.11 Å². The maximum Gasteiger partial charge on any atom is 0.224 e. The maximum atomic E-state index is 11.9. The van der Waals surface area contributed by atoms with Gasteiger partial charge in [0.05, 0.1) is 12.5 Å². The van der Waals surface area contributed by atoms with E-state index in [0.29, 0.717) is 0 Å². The van der Waals surface area contributed by atoms with E-state index in [1.807, 2.05) is 13.2 Å². The van der Waals surface area contributed by atoms with E-state index in [9.17, 15) is 4.79 Å². The number of hydrogen-bond donors (Lipinski definition) is 3. The molecule has 4 nitrogen and oxygen atoms in total. The molecule has 16 heavy (non-hydrogen) atoms. The maximum absolute atomic E-state index is 11.9. The zero-order valence-electron chi connectivity index (χ0n) is 10.0. The molecule has 0 aromatic rings. The summed E-state index contributed by atoms with van der Waals surface area (Å²) in [7, 11) is 0. The summed E-state index contributed by atoms with van der Waals surface area (Å²) in [6.45, 7) is 3.85. The van der Waals surface area contributed by atoms with Gasteiger partial charge in [0.2, 0.25) is 5.91 Å². The van der Waals surface area contributed by atoms with Crippen LogP contribution in [0.15, 0.2) is 0 Å². The molecule has 1 rings (SSSR count). The Morgan fingerprint density at radius 2 is 2.44 bits per heavy atom. The van der Waals surface area contributed by atoms with Crippen molar-refractivity contribution in [1.29, 1.82) is 0 Å². The van der Waals surface area contributed by atoms with Crippen molar-refractivity contribution in [1.82, 2.24) is 10.6 Å². The molecule has 0 aromatic carbocycles. The number of hydrogen-bond acceptors (Lipinski definition) is 4. The minimum absolute atomic E-state index is 0.0226. The lowest BCUT2D eigenvalue weighted by molar-refractivity contribution is -0.126. The number of aliphatic hydroxyl groups is 1. The Bertz CT molecular complexity index is 216. The lowest BCUT2D eigenvalue weighted by Gasteiger charge is -2.26. The molecule has 0 saturated carbocycles. The summed E-state index contributed by atoms with van der Waals surface area (Å²) in [4.78, 5) is 11.9. The second kappa shape index (κ2) is 7.14. The Morgan fingerprint density at radius 3 is 2.94 bits per heavy atom. The minimum atomic E-state index is 0.0226. The van der Waals surface area contributed by atoms with Gasteiger partial charge in [-0.3, -0.25) is 4.79 Å². The Kier molecular flexibility index (Phi) is 6.16. The number of thioether (sulfide) groups is 1. The average Bonchev–Trinajstić information content (AvgIpc) is 2.31. The number of piperidine rings is 1. The van der Waals surface area contributed by atoms with Crippen LogP contribution in [0, 0.1) is 5.92 Å². The number of carbonyl (C=O) groups excluding carboxylic acids is 1. The summed E-state index contributed by atoms with van der Waals surface area (Å²) >= 11 is 1.59. The van der Waals surface area contributed by atoms with E-state index in [1.54, 1.807) is 11.8 Å². The van der Waals surface area contributed by atoms with Gasteiger partial charge < -0.3 is 15.7 Å². The number of carbonyl (C=O) groups is 1. The SMILES string of the molecule is CSC(CO)C(C)NC(=O)[C@@H]1CCCNC1. The molecular formula is C11H22N2O2S. The van der Waals surface area contributed by atoms with Gasteiger partial charge in [-0.05, 0) is 32.6 Å². The van der Waals surface area contributed by atoms with Crippen molar-refractivity contribution in [2.75, 3.05) is 26.0 Å². The Balaban J connectivity index is 2.37. The molecule has 0 bridgehead atoms. The van der Waals surface area contributed by atoms with Crippen LogP contribution in [0.3, 0.4) is 0 Å². The van der Waals surface area contributed by atoms with Gasteiger partial charge in [-0.25, -0.2) is 0 Å². The minimum Gasteiger partial charge on any atom is -0.395 e. The first kappa shape index (κ1) is 13.8. The largest absolute Gasteiger partial charge is 0.395 e. The van der Waals surface area contributed by atoms with Crippen LogP contribution < -0.4 is 10.6 Å². The monoisotopic (exact) mass is 246 g/mol. The molecule has 0 aliphatic carbocycles. The van der Waals surface area contributed by atoms with E-state index in [0.717, 1.165) is 25.9 Å². The van der Waals surface area contributed by atoms with E-state index in [-0.39, 0.29) is 29.7 Å². The van der Waals surface area contributed by atoms with Crippen LogP contribution in [0.25, 0.3) is 0 Å². The second-order valence-electron chi connectivity index (χ2n) is 4.30. The van der Waals surface area contributed by atoms with Crippen molar-refractivity contribution in [2.45, 2.75) is 31.1 Å². The van der Waals surface area contributed by atoms with Crippen molar-refractivity contribution in [3.63, 3.8) is 0 Å². The van der Waals surface area contributed by atoms with Crippen LogP contribution in [0.5, 0.6) is 0 Å². The molecule has 2 unspecified atom stereocenters. The summed E-state index contributed by atoms with van der Waals surface area (Å²) in [5.41, 5.74) is 0. The molecule has 1 aliphatic rings. The van der Waals surface area contributed by atoms with Crippen LogP contribution in [0.4, 0.5) is 0 Å². The highest BCUT2D eigenvalue weighted by molar-refractivity contribution is 7.99. The fraction of sp³-hybridized carbons (Fsp3) is 0.909. The van der Waals surface area contributed by atoms with Gasteiger partial charge in [0, 0.05) is 17.8 Å². The van der Waals surface area contributed by atoms with Crippen LogP contribution in [-0.4, -0.2) is 48.3 Å². The molecule has 3 N–H and O–H groups in total. The van der Waals surface area contributed by atoms with Crippen molar-refractivity contribution >= 4 is 17.7 Å². The molecule has 1 fully saturated rings. The fourth-order valence-corrected chi connectivity index (χ4v) is 2.57. The van der Waals surface area contributed by atoms with Crippen molar-refractivity contribution in [2.24, 2.45) is 5.92 Å². The Hall–Kier alpha value is -0.260. The van der Waals surface area contributed by atoms with Gasteiger partial charge >= 0.3 is 0 Å². The third kappa shape index (κ3) is 3.96. The third-order valence-electron chi connectivity index (χ3n) is 3.08. The third-order valence-corrected chi connectivity index (χ3v) is 4.24. The summed E-state index contributed by atoms with van der Waals surface area (Å²) in [5, 5.41) is 15.4. The summed E-state index contributed by atoms with van der Waals surface area (Å²) in [5.74, 6) is 0.213. The first-order valence-corrected chi connectivity index (χ1v) is 7.12. The molecule has 94 valence electrons. The number of nitrogens with one attached hydrogen (secondary N) is 2. The van der Waals surface area contributed by atoms with E-state index in [2.05, 4.69) is 10.6 Å². The molecule has 1 amide bonds. The molecule has 1 aliphatic heterocycles. The smallest absolute Gasteiger partial charge is 0.224 e. The molecular weight excluding hydrogens is 224 g/mol. The first-order valence-electron chi connectivity index (χ1n) is 5.83. The molecule has 1 heterocycles. The number of aliphatic hydroxyl groups excluding tert-OH is 1.